The molecule has 0 aliphatic heterocycles. The molecule has 0 saturated carbocycles. The van der Waals surface area contributed by atoms with E-state index in [-0.39, 0.29) is 11.7 Å². The molecule has 0 radical (unpaired) electrons. The van der Waals surface area contributed by atoms with Crippen LogP contribution in [0.15, 0.2) is 56.5 Å². The smallest absolute Gasteiger partial charge is 0.287 e. The van der Waals surface area contributed by atoms with Gasteiger partial charge in [-0.05, 0) is 61.7 Å². The zero-order chi connectivity index (χ0) is 17.3. The molecule has 2 N–H and O–H groups in total. The van der Waals surface area contributed by atoms with Crippen LogP contribution in [-0.4, -0.2) is 21.8 Å². The number of hydrogen-bond donors (Lipinski definition) is 2. The lowest BCUT2D eigenvalue weighted by Gasteiger charge is -2.03. The van der Waals surface area contributed by atoms with Gasteiger partial charge in [-0.1, -0.05) is 18.2 Å². The molecule has 1 aromatic heterocycles. The Bertz CT molecular complexity index is 941. The summed E-state index contributed by atoms with van der Waals surface area (Å²) in [6.07, 6.45) is 1.51. The first-order valence-electron chi connectivity index (χ1n) is 7.03. The van der Waals surface area contributed by atoms with Crippen LogP contribution in [-0.2, 0) is 7.05 Å². The van der Waals surface area contributed by atoms with Gasteiger partial charge in [0, 0.05) is 18.0 Å². The van der Waals surface area contributed by atoms with Gasteiger partial charge in [0.05, 0.1) is 15.2 Å². The van der Waals surface area contributed by atoms with Crippen molar-refractivity contribution in [2.24, 2.45) is 12.1 Å². The summed E-state index contributed by atoms with van der Waals surface area (Å²) in [6, 6.07) is 13.0. The summed E-state index contributed by atoms with van der Waals surface area (Å²) in [7, 11) is 1.84. The molecule has 24 heavy (non-hydrogen) atoms. The van der Waals surface area contributed by atoms with E-state index in [9.17, 15) is 9.90 Å². The van der Waals surface area contributed by atoms with Gasteiger partial charge in [-0.3, -0.25) is 4.79 Å². The number of aromatic nitrogens is 1. The van der Waals surface area contributed by atoms with Gasteiger partial charge in [0.1, 0.15) is 11.4 Å². The maximum absolute atomic E-state index is 12.3. The Kier molecular flexibility index (Phi) is 4.73. The molecule has 0 spiro atoms. The van der Waals surface area contributed by atoms with E-state index in [0.717, 1.165) is 16.5 Å². The van der Waals surface area contributed by atoms with Crippen LogP contribution in [0.2, 0.25) is 0 Å². The number of benzene rings is 2. The fourth-order valence-corrected chi connectivity index (χ4v) is 3.61. The van der Waals surface area contributed by atoms with Crippen LogP contribution in [0, 0.1) is 0 Å². The molecule has 1 heterocycles. The van der Waals surface area contributed by atoms with Crippen molar-refractivity contribution in [2.75, 3.05) is 0 Å². The number of hydrogen-bond acceptors (Lipinski definition) is 3. The van der Waals surface area contributed by atoms with Gasteiger partial charge in [-0.2, -0.15) is 5.10 Å². The van der Waals surface area contributed by atoms with Crippen molar-refractivity contribution in [3.8, 4) is 5.75 Å². The monoisotopic (exact) mass is 449 g/mol. The van der Waals surface area contributed by atoms with Gasteiger partial charge in [0.2, 0.25) is 0 Å². The Morgan fingerprint density at radius 3 is 2.54 bits per heavy atom. The molecule has 5 nitrogen and oxygen atoms in total. The van der Waals surface area contributed by atoms with Crippen LogP contribution in [0.1, 0.15) is 16.1 Å². The van der Waals surface area contributed by atoms with Crippen molar-refractivity contribution in [2.45, 2.75) is 0 Å². The van der Waals surface area contributed by atoms with E-state index in [4.69, 9.17) is 0 Å². The number of carbonyl (C=O) groups excluding carboxylic acids is 1. The van der Waals surface area contributed by atoms with Crippen LogP contribution >= 0.6 is 31.9 Å². The molecule has 2 aromatic carbocycles. The van der Waals surface area contributed by atoms with Crippen molar-refractivity contribution in [3.63, 3.8) is 0 Å². The second kappa shape index (κ2) is 6.78. The highest BCUT2D eigenvalue weighted by Crippen LogP contribution is 2.32. The largest absolute Gasteiger partial charge is 0.506 e. The molecular formula is C17H13Br2N3O2. The second-order valence-electron chi connectivity index (χ2n) is 5.18. The molecule has 0 saturated heterocycles. The molecule has 0 bridgehead atoms. The summed E-state index contributed by atoms with van der Waals surface area (Å²) in [6.45, 7) is 0. The average molecular weight is 451 g/mol. The maximum Gasteiger partial charge on any atom is 0.287 e. The van der Waals surface area contributed by atoms with Crippen LogP contribution in [0.25, 0.3) is 10.9 Å². The number of carbonyl (C=O) groups is 1. The van der Waals surface area contributed by atoms with Gasteiger partial charge in [0.15, 0.2) is 0 Å². The van der Waals surface area contributed by atoms with Crippen molar-refractivity contribution in [1.29, 1.82) is 0 Å². The van der Waals surface area contributed by atoms with Gasteiger partial charge < -0.3 is 9.67 Å². The van der Waals surface area contributed by atoms with E-state index >= 15 is 0 Å². The SMILES string of the molecule is Cn1c(C(=O)N/N=C/c2cc(Br)c(O)c(Br)c2)cc2ccccc21. The number of hydrazone groups is 1. The van der Waals surface area contributed by atoms with Crippen LogP contribution < -0.4 is 5.43 Å². The third-order valence-electron chi connectivity index (χ3n) is 3.60. The molecule has 0 aliphatic rings. The Balaban J connectivity index is 1.78. The number of rotatable bonds is 3. The fourth-order valence-electron chi connectivity index (χ4n) is 2.39. The minimum atomic E-state index is -0.290. The quantitative estimate of drug-likeness (QED) is 0.464. The summed E-state index contributed by atoms with van der Waals surface area (Å²) in [5.41, 5.74) is 4.76. The van der Waals surface area contributed by atoms with Crippen LogP contribution in [0.5, 0.6) is 5.75 Å². The fraction of sp³-hybridized carbons (Fsp3) is 0.0588. The van der Waals surface area contributed by atoms with Gasteiger partial charge in [-0.15, -0.1) is 0 Å². The molecular weight excluding hydrogens is 438 g/mol. The van der Waals surface area contributed by atoms with E-state index in [1.54, 1.807) is 12.1 Å². The van der Waals surface area contributed by atoms with Crippen molar-refractivity contribution >= 4 is 54.9 Å². The van der Waals surface area contributed by atoms with E-state index in [1.807, 2.05) is 41.9 Å². The number of nitrogens with zero attached hydrogens (tertiary/aromatic N) is 2. The molecule has 1 amide bonds. The Morgan fingerprint density at radius 1 is 1.21 bits per heavy atom. The summed E-state index contributed by atoms with van der Waals surface area (Å²) < 4.78 is 2.91. The Hall–Kier alpha value is -2.12. The lowest BCUT2D eigenvalue weighted by molar-refractivity contribution is 0.0947. The standard InChI is InChI=1S/C17H13Br2N3O2/c1-22-14-5-3-2-4-11(14)8-15(22)17(24)21-20-9-10-6-12(18)16(23)13(19)7-10/h2-9,23H,1H3,(H,21,24)/b20-9+. The number of amides is 1. The van der Waals surface area contributed by atoms with E-state index in [2.05, 4.69) is 42.4 Å². The zero-order valence-electron chi connectivity index (χ0n) is 12.6. The highest BCUT2D eigenvalue weighted by Gasteiger charge is 2.12. The number of fused-ring (bicyclic) bond motifs is 1. The topological polar surface area (TPSA) is 66.6 Å². The number of phenols is 1. The highest BCUT2D eigenvalue weighted by molar-refractivity contribution is 9.11. The van der Waals surface area contributed by atoms with E-state index < -0.39 is 0 Å². The van der Waals surface area contributed by atoms with Gasteiger partial charge in [0.25, 0.3) is 5.91 Å². The predicted octanol–water partition coefficient (Wildman–Crippen LogP) is 4.17. The van der Waals surface area contributed by atoms with E-state index in [1.165, 1.54) is 6.21 Å². The Morgan fingerprint density at radius 2 is 1.88 bits per heavy atom. The molecule has 3 aromatic rings. The minimum absolute atomic E-state index is 0.117. The first kappa shape index (κ1) is 16.7. The molecule has 0 unspecified atom stereocenters. The van der Waals surface area contributed by atoms with Crippen molar-refractivity contribution in [1.82, 2.24) is 9.99 Å². The zero-order valence-corrected chi connectivity index (χ0v) is 15.8. The summed E-state index contributed by atoms with van der Waals surface area (Å²) in [5.74, 6) is -0.173. The Labute approximate surface area is 155 Å². The summed E-state index contributed by atoms with van der Waals surface area (Å²) in [5, 5.41) is 14.7. The molecule has 0 atom stereocenters. The third-order valence-corrected chi connectivity index (χ3v) is 4.81. The lowest BCUT2D eigenvalue weighted by Crippen LogP contribution is -2.20. The highest BCUT2D eigenvalue weighted by atomic mass is 79.9. The second-order valence-corrected chi connectivity index (χ2v) is 6.89. The number of halogens is 2. The number of phenolic OH excluding ortho intramolecular Hbond substituents is 1. The molecule has 122 valence electrons. The molecule has 0 fully saturated rings. The average Bonchev–Trinajstić information content (AvgIpc) is 2.90. The normalized spacial score (nSPS) is 11.3. The van der Waals surface area contributed by atoms with Crippen LogP contribution in [0.3, 0.4) is 0 Å². The molecule has 7 heteroatoms. The number of aromatic hydroxyl groups is 1. The van der Waals surface area contributed by atoms with E-state index in [0.29, 0.717) is 14.6 Å². The minimum Gasteiger partial charge on any atom is -0.506 e. The summed E-state index contributed by atoms with van der Waals surface area (Å²) in [4.78, 5) is 12.3. The third kappa shape index (κ3) is 3.22. The predicted molar refractivity (Wildman–Crippen MR) is 101 cm³/mol. The van der Waals surface area contributed by atoms with Gasteiger partial charge in [-0.25, -0.2) is 5.43 Å². The van der Waals surface area contributed by atoms with Crippen molar-refractivity contribution < 1.29 is 9.90 Å². The lowest BCUT2D eigenvalue weighted by atomic mass is 10.2. The van der Waals surface area contributed by atoms with Gasteiger partial charge >= 0.3 is 0 Å². The molecule has 0 aliphatic carbocycles. The summed E-state index contributed by atoms with van der Waals surface area (Å²) >= 11 is 6.50. The maximum atomic E-state index is 12.3. The van der Waals surface area contributed by atoms with Crippen molar-refractivity contribution in [3.05, 3.63) is 62.7 Å². The number of aryl methyl sites for hydroxylation is 1. The number of para-hydroxylation sites is 1. The number of nitrogens with one attached hydrogen (secondary N) is 1. The first-order valence-corrected chi connectivity index (χ1v) is 8.62. The molecule has 3 rings (SSSR count). The van der Waals surface area contributed by atoms with Crippen LogP contribution in [0.4, 0.5) is 0 Å². The first-order chi connectivity index (χ1) is 11.5.